The number of rotatable bonds is 6. The van der Waals surface area contributed by atoms with Crippen LogP contribution in [0.4, 0.5) is 0 Å². The van der Waals surface area contributed by atoms with Crippen LogP contribution in [0.3, 0.4) is 0 Å². The maximum absolute atomic E-state index is 12.3. The lowest BCUT2D eigenvalue weighted by Gasteiger charge is -2.35. The van der Waals surface area contributed by atoms with E-state index < -0.39 is 0 Å². The number of nitrogens with one attached hydrogen (secondary N) is 1. The molecule has 1 amide bonds. The van der Waals surface area contributed by atoms with Gasteiger partial charge < -0.3 is 10.2 Å². The van der Waals surface area contributed by atoms with Crippen LogP contribution in [0, 0.1) is 0 Å². The molecule has 22 heavy (non-hydrogen) atoms. The second kappa shape index (κ2) is 8.76. The Morgan fingerprint density at radius 3 is 2.91 bits per heavy atom. The third-order valence-corrected chi connectivity index (χ3v) is 4.87. The number of amides is 1. The summed E-state index contributed by atoms with van der Waals surface area (Å²) in [7, 11) is 0. The van der Waals surface area contributed by atoms with Gasteiger partial charge in [0.15, 0.2) is 0 Å². The van der Waals surface area contributed by atoms with Crippen molar-refractivity contribution in [2.45, 2.75) is 45.1 Å². The monoisotopic (exact) mass is 342 g/mol. The minimum atomic E-state index is 0.216. The quantitative estimate of drug-likeness (QED) is 0.794. The fourth-order valence-corrected chi connectivity index (χ4v) is 3.50. The molecule has 1 saturated heterocycles. The smallest absolute Gasteiger partial charge is 0.236 e. The highest BCUT2D eigenvalue weighted by atomic mass is 35.5. The standard InChI is InChI=1S/C17H24Cl2N2O/c1-2-15-5-3-4-10-21(15)17(22)12-20-9-8-13-6-7-14(18)11-16(13)19/h6-7,11,15,20H,2-5,8-10,12H2,1H3. The second-order valence-electron chi connectivity index (χ2n) is 5.81. The highest BCUT2D eigenvalue weighted by Gasteiger charge is 2.24. The lowest BCUT2D eigenvalue weighted by Crippen LogP contribution is -2.47. The van der Waals surface area contributed by atoms with E-state index in [1.807, 2.05) is 17.0 Å². The first-order valence-corrected chi connectivity index (χ1v) is 8.81. The Hall–Kier alpha value is -0.770. The number of hydrogen-bond donors (Lipinski definition) is 1. The molecule has 0 aromatic heterocycles. The summed E-state index contributed by atoms with van der Waals surface area (Å²) in [6, 6.07) is 5.96. The Kier molecular flexibility index (Phi) is 7.00. The van der Waals surface area contributed by atoms with Crippen LogP contribution in [0.2, 0.25) is 10.0 Å². The summed E-state index contributed by atoms with van der Waals surface area (Å²) >= 11 is 12.0. The van der Waals surface area contributed by atoms with Gasteiger partial charge in [-0.15, -0.1) is 0 Å². The van der Waals surface area contributed by atoms with E-state index in [1.54, 1.807) is 6.07 Å². The van der Waals surface area contributed by atoms with E-state index in [1.165, 1.54) is 6.42 Å². The van der Waals surface area contributed by atoms with Gasteiger partial charge in [0.2, 0.25) is 5.91 Å². The highest BCUT2D eigenvalue weighted by molar-refractivity contribution is 6.35. The van der Waals surface area contributed by atoms with Crippen molar-refractivity contribution in [3.05, 3.63) is 33.8 Å². The molecule has 1 aliphatic heterocycles. The Morgan fingerprint density at radius 1 is 1.36 bits per heavy atom. The average molecular weight is 343 g/mol. The Morgan fingerprint density at radius 2 is 2.18 bits per heavy atom. The van der Waals surface area contributed by atoms with Gasteiger partial charge in [0.25, 0.3) is 0 Å². The van der Waals surface area contributed by atoms with Crippen molar-refractivity contribution in [3.63, 3.8) is 0 Å². The predicted octanol–water partition coefficient (Wildman–Crippen LogP) is 3.92. The van der Waals surface area contributed by atoms with Crippen LogP contribution >= 0.6 is 23.2 Å². The molecule has 1 unspecified atom stereocenters. The maximum Gasteiger partial charge on any atom is 0.236 e. The summed E-state index contributed by atoms with van der Waals surface area (Å²) < 4.78 is 0. The molecule has 2 rings (SSSR count). The average Bonchev–Trinajstić information content (AvgIpc) is 2.53. The molecular weight excluding hydrogens is 319 g/mol. The summed E-state index contributed by atoms with van der Waals surface area (Å²) in [5, 5.41) is 4.56. The summed E-state index contributed by atoms with van der Waals surface area (Å²) in [5.74, 6) is 0.216. The molecule has 1 heterocycles. The molecule has 1 aromatic carbocycles. The zero-order valence-electron chi connectivity index (χ0n) is 13.1. The van der Waals surface area contributed by atoms with Gasteiger partial charge >= 0.3 is 0 Å². The van der Waals surface area contributed by atoms with Gasteiger partial charge in [-0.2, -0.15) is 0 Å². The Labute approximate surface area is 143 Å². The minimum absolute atomic E-state index is 0.216. The van der Waals surface area contributed by atoms with E-state index in [0.29, 0.717) is 22.6 Å². The second-order valence-corrected chi connectivity index (χ2v) is 6.65. The zero-order chi connectivity index (χ0) is 15.9. The van der Waals surface area contributed by atoms with Gasteiger partial charge in [-0.25, -0.2) is 0 Å². The van der Waals surface area contributed by atoms with Crippen LogP contribution < -0.4 is 5.32 Å². The van der Waals surface area contributed by atoms with Gasteiger partial charge in [0.05, 0.1) is 6.54 Å². The third kappa shape index (κ3) is 4.87. The molecule has 3 nitrogen and oxygen atoms in total. The molecule has 1 atom stereocenters. The third-order valence-electron chi connectivity index (χ3n) is 4.28. The topological polar surface area (TPSA) is 32.3 Å². The molecule has 1 aromatic rings. The molecule has 0 saturated carbocycles. The Balaban J connectivity index is 1.74. The van der Waals surface area contributed by atoms with E-state index in [-0.39, 0.29) is 5.91 Å². The van der Waals surface area contributed by atoms with Crippen LogP contribution in [0.5, 0.6) is 0 Å². The predicted molar refractivity (Wildman–Crippen MR) is 92.7 cm³/mol. The normalized spacial score (nSPS) is 18.5. The SMILES string of the molecule is CCC1CCCCN1C(=O)CNCCc1ccc(Cl)cc1Cl. The Bertz CT molecular complexity index is 507. The van der Waals surface area contributed by atoms with Crippen molar-refractivity contribution in [3.8, 4) is 0 Å². The van der Waals surface area contributed by atoms with Crippen LogP contribution in [0.25, 0.3) is 0 Å². The lowest BCUT2D eigenvalue weighted by molar-refractivity contribution is -0.133. The van der Waals surface area contributed by atoms with E-state index in [4.69, 9.17) is 23.2 Å². The first-order chi connectivity index (χ1) is 10.6. The van der Waals surface area contributed by atoms with Crippen molar-refractivity contribution in [1.82, 2.24) is 10.2 Å². The van der Waals surface area contributed by atoms with E-state index in [2.05, 4.69) is 12.2 Å². The fraction of sp³-hybridized carbons (Fsp3) is 0.588. The van der Waals surface area contributed by atoms with Gasteiger partial charge in [-0.3, -0.25) is 4.79 Å². The molecule has 1 N–H and O–H groups in total. The molecule has 5 heteroatoms. The van der Waals surface area contributed by atoms with Crippen LogP contribution in [0.1, 0.15) is 38.2 Å². The van der Waals surface area contributed by atoms with E-state index >= 15 is 0 Å². The zero-order valence-corrected chi connectivity index (χ0v) is 14.6. The number of nitrogens with zero attached hydrogens (tertiary/aromatic N) is 1. The first-order valence-electron chi connectivity index (χ1n) is 8.06. The molecule has 0 bridgehead atoms. The van der Waals surface area contributed by atoms with Gasteiger partial charge in [0, 0.05) is 22.6 Å². The molecule has 0 radical (unpaired) electrons. The number of halogens is 2. The number of carbonyl (C=O) groups excluding carboxylic acids is 1. The molecule has 0 aliphatic carbocycles. The summed E-state index contributed by atoms with van der Waals surface area (Å²) in [4.78, 5) is 14.4. The van der Waals surface area contributed by atoms with Gasteiger partial charge in [-0.1, -0.05) is 36.2 Å². The van der Waals surface area contributed by atoms with Crippen molar-refractivity contribution >= 4 is 29.1 Å². The fourth-order valence-electron chi connectivity index (χ4n) is 3.00. The molecule has 1 fully saturated rings. The van der Waals surface area contributed by atoms with Crippen molar-refractivity contribution in [2.75, 3.05) is 19.6 Å². The largest absolute Gasteiger partial charge is 0.339 e. The van der Waals surface area contributed by atoms with E-state index in [0.717, 1.165) is 44.3 Å². The van der Waals surface area contributed by atoms with Crippen LogP contribution in [-0.2, 0) is 11.2 Å². The molecule has 0 spiro atoms. The summed E-state index contributed by atoms with van der Waals surface area (Å²) in [6.07, 6.45) is 5.35. The maximum atomic E-state index is 12.3. The summed E-state index contributed by atoms with van der Waals surface area (Å²) in [5.41, 5.74) is 1.05. The minimum Gasteiger partial charge on any atom is -0.339 e. The van der Waals surface area contributed by atoms with Gasteiger partial charge in [-0.05, 0) is 56.3 Å². The van der Waals surface area contributed by atoms with Crippen LogP contribution in [0.15, 0.2) is 18.2 Å². The molecular formula is C17H24Cl2N2O. The number of hydrogen-bond acceptors (Lipinski definition) is 2. The lowest BCUT2D eigenvalue weighted by atomic mass is 10.00. The number of likely N-dealkylation sites (tertiary alicyclic amines) is 1. The van der Waals surface area contributed by atoms with Crippen molar-refractivity contribution in [2.24, 2.45) is 0 Å². The molecule has 122 valence electrons. The van der Waals surface area contributed by atoms with Gasteiger partial charge in [0.1, 0.15) is 0 Å². The highest BCUT2D eigenvalue weighted by Crippen LogP contribution is 2.21. The van der Waals surface area contributed by atoms with Crippen molar-refractivity contribution in [1.29, 1.82) is 0 Å². The molecule has 1 aliphatic rings. The first kappa shape index (κ1) is 17.6. The van der Waals surface area contributed by atoms with Crippen molar-refractivity contribution < 1.29 is 4.79 Å². The number of carbonyl (C=O) groups is 1. The summed E-state index contributed by atoms with van der Waals surface area (Å²) in [6.45, 7) is 4.20. The number of piperidine rings is 1. The van der Waals surface area contributed by atoms with Crippen LogP contribution in [-0.4, -0.2) is 36.5 Å². The number of benzene rings is 1. The van der Waals surface area contributed by atoms with E-state index in [9.17, 15) is 4.79 Å².